The average Bonchev–Trinajstić information content (AvgIpc) is 2.53. The van der Waals surface area contributed by atoms with Crippen molar-refractivity contribution in [2.45, 2.75) is 19.0 Å². The van der Waals surface area contributed by atoms with Gasteiger partial charge in [0.05, 0.1) is 5.69 Å². The second-order valence-electron chi connectivity index (χ2n) is 5.44. The van der Waals surface area contributed by atoms with Crippen molar-refractivity contribution in [2.24, 2.45) is 0 Å². The molecule has 0 saturated heterocycles. The lowest BCUT2D eigenvalue weighted by Gasteiger charge is -2.19. The standard InChI is InChI=1S/C16H11F5N4/c1-8-2-4-9(5-3-8)12-10-6-7-11(22)23-13(10)25-14(24-12)15(17,18)16(19,20)21/h2-7H,1H3,(H2,22,23,24,25). The maximum atomic E-state index is 13.7. The van der Waals surface area contributed by atoms with Crippen molar-refractivity contribution >= 4 is 16.9 Å². The molecule has 0 radical (unpaired) electrons. The van der Waals surface area contributed by atoms with E-state index in [4.69, 9.17) is 5.73 Å². The highest BCUT2D eigenvalue weighted by Crippen LogP contribution is 2.43. The number of aryl methyl sites for hydroxylation is 1. The predicted molar refractivity (Wildman–Crippen MR) is 81.9 cm³/mol. The van der Waals surface area contributed by atoms with Crippen molar-refractivity contribution in [3.8, 4) is 11.3 Å². The zero-order chi connectivity index (χ0) is 18.4. The summed E-state index contributed by atoms with van der Waals surface area (Å²) >= 11 is 0. The van der Waals surface area contributed by atoms with Gasteiger partial charge in [0.15, 0.2) is 5.65 Å². The van der Waals surface area contributed by atoms with Gasteiger partial charge < -0.3 is 5.73 Å². The highest BCUT2D eigenvalue weighted by atomic mass is 19.4. The Kier molecular flexibility index (Phi) is 3.81. The van der Waals surface area contributed by atoms with E-state index in [2.05, 4.69) is 15.0 Å². The van der Waals surface area contributed by atoms with Crippen LogP contribution >= 0.6 is 0 Å². The molecule has 0 aliphatic heterocycles. The van der Waals surface area contributed by atoms with Crippen LogP contribution in [0.2, 0.25) is 0 Å². The molecule has 3 rings (SSSR count). The second kappa shape index (κ2) is 5.61. The summed E-state index contributed by atoms with van der Waals surface area (Å²) < 4.78 is 65.6. The zero-order valence-electron chi connectivity index (χ0n) is 12.8. The van der Waals surface area contributed by atoms with Crippen LogP contribution in [0.25, 0.3) is 22.3 Å². The van der Waals surface area contributed by atoms with Crippen LogP contribution in [0.3, 0.4) is 0 Å². The number of pyridine rings is 1. The largest absolute Gasteiger partial charge is 0.461 e. The van der Waals surface area contributed by atoms with Gasteiger partial charge in [0.1, 0.15) is 5.82 Å². The van der Waals surface area contributed by atoms with E-state index in [1.165, 1.54) is 12.1 Å². The van der Waals surface area contributed by atoms with Gasteiger partial charge in [0.2, 0.25) is 5.82 Å². The number of nitrogens with two attached hydrogens (primary N) is 1. The number of hydrogen-bond donors (Lipinski definition) is 1. The molecule has 4 nitrogen and oxygen atoms in total. The molecular formula is C16H11F5N4. The molecule has 0 fully saturated rings. The van der Waals surface area contributed by atoms with E-state index < -0.39 is 17.9 Å². The van der Waals surface area contributed by atoms with Crippen LogP contribution in [0.5, 0.6) is 0 Å². The molecule has 0 amide bonds. The molecule has 9 heteroatoms. The highest BCUT2D eigenvalue weighted by molar-refractivity contribution is 5.91. The topological polar surface area (TPSA) is 64.7 Å². The Morgan fingerprint density at radius 2 is 1.48 bits per heavy atom. The molecule has 130 valence electrons. The van der Waals surface area contributed by atoms with Gasteiger partial charge >= 0.3 is 12.1 Å². The van der Waals surface area contributed by atoms with Crippen molar-refractivity contribution in [2.75, 3.05) is 5.73 Å². The molecular weight excluding hydrogens is 343 g/mol. The first-order valence-corrected chi connectivity index (χ1v) is 7.06. The summed E-state index contributed by atoms with van der Waals surface area (Å²) in [6.07, 6.45) is -5.83. The number of hydrogen-bond acceptors (Lipinski definition) is 4. The van der Waals surface area contributed by atoms with Gasteiger partial charge in [-0.2, -0.15) is 22.0 Å². The molecule has 0 atom stereocenters. The number of rotatable bonds is 2. The quantitative estimate of drug-likeness (QED) is 0.699. The molecule has 1 aromatic carbocycles. The number of anilines is 1. The molecule has 0 unspecified atom stereocenters. The van der Waals surface area contributed by atoms with Gasteiger partial charge in [-0.05, 0) is 19.1 Å². The smallest absolute Gasteiger partial charge is 0.384 e. The maximum Gasteiger partial charge on any atom is 0.461 e. The van der Waals surface area contributed by atoms with Crippen LogP contribution in [-0.4, -0.2) is 21.1 Å². The maximum absolute atomic E-state index is 13.7. The van der Waals surface area contributed by atoms with Gasteiger partial charge in [0.25, 0.3) is 0 Å². The Hall–Kier alpha value is -2.84. The van der Waals surface area contributed by atoms with Crippen LogP contribution in [0, 0.1) is 6.92 Å². The first-order chi connectivity index (χ1) is 11.6. The lowest BCUT2D eigenvalue weighted by molar-refractivity contribution is -0.292. The van der Waals surface area contributed by atoms with Crippen molar-refractivity contribution in [1.29, 1.82) is 0 Å². The fourth-order valence-electron chi connectivity index (χ4n) is 2.22. The van der Waals surface area contributed by atoms with E-state index in [0.717, 1.165) is 5.56 Å². The van der Waals surface area contributed by atoms with Gasteiger partial charge in [-0.15, -0.1) is 0 Å². The summed E-state index contributed by atoms with van der Waals surface area (Å²) in [7, 11) is 0. The van der Waals surface area contributed by atoms with Crippen molar-refractivity contribution < 1.29 is 22.0 Å². The summed E-state index contributed by atoms with van der Waals surface area (Å²) in [5.41, 5.74) is 6.35. The van der Waals surface area contributed by atoms with Gasteiger partial charge in [-0.25, -0.2) is 15.0 Å². The SMILES string of the molecule is Cc1ccc(-c2nc(C(F)(F)C(F)(F)F)nc3nc(N)ccc23)cc1. The van der Waals surface area contributed by atoms with Crippen molar-refractivity contribution in [3.63, 3.8) is 0 Å². The van der Waals surface area contributed by atoms with E-state index in [9.17, 15) is 22.0 Å². The highest BCUT2D eigenvalue weighted by Gasteiger charge is 2.61. The lowest BCUT2D eigenvalue weighted by Crippen LogP contribution is -2.35. The molecule has 0 bridgehead atoms. The lowest BCUT2D eigenvalue weighted by atomic mass is 10.1. The average molecular weight is 354 g/mol. The third kappa shape index (κ3) is 2.97. The summed E-state index contributed by atoms with van der Waals surface area (Å²) in [6, 6.07) is 9.35. The summed E-state index contributed by atoms with van der Waals surface area (Å²) in [4.78, 5) is 10.6. The number of alkyl halides is 5. The molecule has 2 heterocycles. The second-order valence-corrected chi connectivity index (χ2v) is 5.44. The van der Waals surface area contributed by atoms with Gasteiger partial charge in [-0.3, -0.25) is 0 Å². The molecule has 2 aromatic heterocycles. The number of nitrogens with zero attached hydrogens (tertiary/aromatic N) is 3. The van der Waals surface area contributed by atoms with E-state index in [0.29, 0.717) is 5.56 Å². The first kappa shape index (κ1) is 17.0. The molecule has 2 N–H and O–H groups in total. The third-order valence-corrected chi connectivity index (χ3v) is 3.54. The summed E-state index contributed by atoms with van der Waals surface area (Å²) in [5.74, 6) is -6.93. The Bertz CT molecular complexity index is 936. The Labute approximate surface area is 138 Å². The monoisotopic (exact) mass is 354 g/mol. The van der Waals surface area contributed by atoms with E-state index >= 15 is 0 Å². The number of aromatic nitrogens is 3. The van der Waals surface area contributed by atoms with E-state index in [1.54, 1.807) is 24.3 Å². The van der Waals surface area contributed by atoms with Crippen LogP contribution in [0.1, 0.15) is 11.4 Å². The predicted octanol–water partition coefficient (Wildman–Crippen LogP) is 4.24. The van der Waals surface area contributed by atoms with Crippen LogP contribution < -0.4 is 5.73 Å². The number of benzene rings is 1. The Morgan fingerprint density at radius 3 is 2.08 bits per heavy atom. The van der Waals surface area contributed by atoms with Crippen LogP contribution in [0.4, 0.5) is 27.8 Å². The van der Waals surface area contributed by atoms with Crippen LogP contribution in [-0.2, 0) is 5.92 Å². The number of fused-ring (bicyclic) bond motifs is 1. The minimum Gasteiger partial charge on any atom is -0.384 e. The Morgan fingerprint density at radius 1 is 0.840 bits per heavy atom. The third-order valence-electron chi connectivity index (χ3n) is 3.54. The molecule has 3 aromatic rings. The van der Waals surface area contributed by atoms with Crippen molar-refractivity contribution in [1.82, 2.24) is 15.0 Å². The minimum absolute atomic E-state index is 0.0534. The summed E-state index contributed by atoms with van der Waals surface area (Å²) in [6.45, 7) is 1.81. The summed E-state index contributed by atoms with van der Waals surface area (Å²) in [5, 5.41) is 0.222. The molecule has 0 aliphatic carbocycles. The van der Waals surface area contributed by atoms with Crippen molar-refractivity contribution in [3.05, 3.63) is 47.8 Å². The molecule has 0 saturated carbocycles. The van der Waals surface area contributed by atoms with E-state index in [1.807, 2.05) is 6.92 Å². The fourth-order valence-corrected chi connectivity index (χ4v) is 2.22. The number of halogens is 5. The normalized spacial score (nSPS) is 12.6. The molecule has 0 spiro atoms. The van der Waals surface area contributed by atoms with E-state index in [-0.39, 0.29) is 22.5 Å². The fraction of sp³-hybridized carbons (Fsp3) is 0.188. The Balaban J connectivity index is 2.33. The molecule has 0 aliphatic rings. The first-order valence-electron chi connectivity index (χ1n) is 7.06. The zero-order valence-corrected chi connectivity index (χ0v) is 12.8. The van der Waals surface area contributed by atoms with Gasteiger partial charge in [0, 0.05) is 10.9 Å². The number of nitrogen functional groups attached to an aromatic ring is 1. The minimum atomic E-state index is -5.83. The van der Waals surface area contributed by atoms with Gasteiger partial charge in [-0.1, -0.05) is 29.8 Å². The van der Waals surface area contributed by atoms with Crippen LogP contribution in [0.15, 0.2) is 36.4 Å². The molecule has 25 heavy (non-hydrogen) atoms.